The first-order chi connectivity index (χ1) is 8.22. The summed E-state index contributed by atoms with van der Waals surface area (Å²) in [5.74, 6) is 0.859. The second-order valence-electron chi connectivity index (χ2n) is 3.41. The Hall–Kier alpha value is -1.65. The minimum Gasteiger partial charge on any atom is -0.360 e. The van der Waals surface area contributed by atoms with Crippen molar-refractivity contribution in [3.63, 3.8) is 0 Å². The fourth-order valence-corrected chi connectivity index (χ4v) is 1.66. The van der Waals surface area contributed by atoms with E-state index < -0.39 is 6.10 Å². The molecule has 1 fully saturated rings. The average Bonchev–Trinajstić information content (AvgIpc) is 2.38. The van der Waals surface area contributed by atoms with Crippen LogP contribution in [0.25, 0.3) is 0 Å². The summed E-state index contributed by atoms with van der Waals surface area (Å²) >= 11 is 5.79. The quantitative estimate of drug-likeness (QED) is 0.812. The first-order valence-corrected chi connectivity index (χ1v) is 5.46. The molecule has 0 aromatic carbocycles. The van der Waals surface area contributed by atoms with Crippen molar-refractivity contribution in [1.29, 1.82) is 5.26 Å². The smallest absolute Gasteiger partial charge is 0.231 e. The van der Waals surface area contributed by atoms with Crippen molar-refractivity contribution < 1.29 is 4.74 Å². The topological polar surface area (TPSA) is 87.0 Å². The van der Waals surface area contributed by atoms with Gasteiger partial charge < -0.3 is 15.0 Å². The number of rotatable bonds is 2. The zero-order chi connectivity index (χ0) is 12.3. The summed E-state index contributed by atoms with van der Waals surface area (Å²) in [7, 11) is 1.70. The molecular weight excluding hydrogens is 244 g/mol. The lowest BCUT2D eigenvalue weighted by molar-refractivity contribution is 0.0758. The summed E-state index contributed by atoms with van der Waals surface area (Å²) in [5.41, 5.74) is 0. The Kier molecular flexibility index (Phi) is 3.56. The summed E-state index contributed by atoms with van der Waals surface area (Å²) in [6.45, 7) is 1.53. The maximum atomic E-state index is 8.82. The molecule has 1 aliphatic heterocycles. The molecule has 1 unspecified atom stereocenters. The van der Waals surface area contributed by atoms with Crippen LogP contribution < -0.4 is 10.2 Å². The van der Waals surface area contributed by atoms with Crippen LogP contribution in [0.2, 0.25) is 5.28 Å². The Morgan fingerprint density at radius 3 is 3.06 bits per heavy atom. The van der Waals surface area contributed by atoms with Gasteiger partial charge in [0.25, 0.3) is 0 Å². The Morgan fingerprint density at radius 2 is 2.35 bits per heavy atom. The Labute approximate surface area is 103 Å². The number of nitriles is 1. The monoisotopic (exact) mass is 254 g/mol. The van der Waals surface area contributed by atoms with Gasteiger partial charge in [-0.15, -0.1) is 0 Å². The number of halogens is 1. The number of hydrogen-bond acceptors (Lipinski definition) is 7. The lowest BCUT2D eigenvalue weighted by Crippen LogP contribution is -2.42. The van der Waals surface area contributed by atoms with Crippen LogP contribution in [0.15, 0.2) is 0 Å². The number of aromatic nitrogens is 3. The van der Waals surface area contributed by atoms with Gasteiger partial charge in [-0.2, -0.15) is 20.2 Å². The highest BCUT2D eigenvalue weighted by molar-refractivity contribution is 6.28. The molecule has 8 heteroatoms. The summed E-state index contributed by atoms with van der Waals surface area (Å²) < 4.78 is 5.24. The van der Waals surface area contributed by atoms with Crippen LogP contribution in [0.1, 0.15) is 0 Å². The molecule has 1 aromatic rings. The summed E-state index contributed by atoms with van der Waals surface area (Å²) in [4.78, 5) is 14.0. The predicted octanol–water partition coefficient (Wildman–Crippen LogP) is 0.295. The number of nitrogens with zero attached hydrogens (tertiary/aromatic N) is 5. The van der Waals surface area contributed by atoms with Crippen LogP contribution in [0.5, 0.6) is 0 Å². The molecule has 1 aliphatic rings. The largest absolute Gasteiger partial charge is 0.360 e. The molecule has 0 spiro atoms. The van der Waals surface area contributed by atoms with Crippen LogP contribution >= 0.6 is 11.6 Å². The van der Waals surface area contributed by atoms with Gasteiger partial charge in [0.15, 0.2) is 6.10 Å². The first-order valence-electron chi connectivity index (χ1n) is 5.08. The van der Waals surface area contributed by atoms with Gasteiger partial charge >= 0.3 is 0 Å². The van der Waals surface area contributed by atoms with E-state index in [0.29, 0.717) is 31.6 Å². The Morgan fingerprint density at radius 1 is 1.53 bits per heavy atom. The van der Waals surface area contributed by atoms with Gasteiger partial charge in [-0.05, 0) is 11.6 Å². The fourth-order valence-electron chi connectivity index (χ4n) is 1.50. The maximum Gasteiger partial charge on any atom is 0.231 e. The molecule has 0 amide bonds. The Bertz CT molecular complexity index is 448. The van der Waals surface area contributed by atoms with Crippen LogP contribution in [0.4, 0.5) is 11.9 Å². The molecular formula is C9H11ClN6O. The van der Waals surface area contributed by atoms with Gasteiger partial charge in [0.1, 0.15) is 0 Å². The van der Waals surface area contributed by atoms with Crippen LogP contribution in [0, 0.1) is 11.3 Å². The van der Waals surface area contributed by atoms with Crippen molar-refractivity contribution in [2.75, 3.05) is 37.0 Å². The number of anilines is 2. The lowest BCUT2D eigenvalue weighted by Gasteiger charge is -2.29. The van der Waals surface area contributed by atoms with E-state index in [0.717, 1.165) is 0 Å². The summed E-state index contributed by atoms with van der Waals surface area (Å²) in [6, 6.07) is 2.06. The third-order valence-electron chi connectivity index (χ3n) is 2.31. The molecule has 2 rings (SSSR count). The molecule has 1 saturated heterocycles. The van der Waals surface area contributed by atoms with Crippen molar-refractivity contribution in [2.45, 2.75) is 6.10 Å². The highest BCUT2D eigenvalue weighted by atomic mass is 35.5. The van der Waals surface area contributed by atoms with Gasteiger partial charge in [-0.3, -0.25) is 0 Å². The third-order valence-corrected chi connectivity index (χ3v) is 2.48. The number of nitrogens with one attached hydrogen (secondary N) is 1. The van der Waals surface area contributed by atoms with E-state index in [1.165, 1.54) is 0 Å². The van der Waals surface area contributed by atoms with E-state index in [1.54, 1.807) is 7.05 Å². The zero-order valence-corrected chi connectivity index (χ0v) is 9.98. The molecule has 90 valence electrons. The summed E-state index contributed by atoms with van der Waals surface area (Å²) in [5, 5.41) is 11.7. The SMILES string of the molecule is CNc1nc(Cl)nc(N2CCOC(C#N)C2)n1. The van der Waals surface area contributed by atoms with E-state index in [4.69, 9.17) is 21.6 Å². The van der Waals surface area contributed by atoms with E-state index in [9.17, 15) is 0 Å². The van der Waals surface area contributed by atoms with E-state index >= 15 is 0 Å². The molecule has 0 radical (unpaired) electrons. The van der Waals surface area contributed by atoms with Crippen LogP contribution in [-0.2, 0) is 4.74 Å². The molecule has 0 aliphatic carbocycles. The van der Waals surface area contributed by atoms with Crippen LogP contribution in [-0.4, -0.2) is 47.8 Å². The number of morpholine rings is 1. The van der Waals surface area contributed by atoms with Gasteiger partial charge in [0.05, 0.1) is 19.2 Å². The standard InChI is InChI=1S/C9H11ClN6O/c1-12-8-13-7(10)14-9(15-8)16-2-3-17-6(4-11)5-16/h6H,2-3,5H2,1H3,(H,12,13,14,15). The van der Waals surface area contributed by atoms with Crippen LogP contribution in [0.3, 0.4) is 0 Å². The first kappa shape index (κ1) is 11.8. The molecule has 7 nitrogen and oxygen atoms in total. The lowest BCUT2D eigenvalue weighted by atomic mass is 10.3. The van der Waals surface area contributed by atoms with E-state index in [-0.39, 0.29) is 5.28 Å². The second kappa shape index (κ2) is 5.12. The van der Waals surface area contributed by atoms with Gasteiger partial charge in [-0.25, -0.2) is 0 Å². The summed E-state index contributed by atoms with van der Waals surface area (Å²) in [6.07, 6.45) is -0.461. The minimum absolute atomic E-state index is 0.124. The van der Waals surface area contributed by atoms with E-state index in [2.05, 4.69) is 26.3 Å². The number of hydrogen-bond donors (Lipinski definition) is 1. The molecule has 2 heterocycles. The Balaban J connectivity index is 2.21. The fraction of sp³-hybridized carbons (Fsp3) is 0.556. The van der Waals surface area contributed by atoms with E-state index in [1.807, 2.05) is 4.90 Å². The second-order valence-corrected chi connectivity index (χ2v) is 3.75. The molecule has 1 aromatic heterocycles. The van der Waals surface area contributed by atoms with Crippen molar-refractivity contribution in [2.24, 2.45) is 0 Å². The molecule has 0 bridgehead atoms. The molecule has 1 atom stereocenters. The molecule has 17 heavy (non-hydrogen) atoms. The van der Waals surface area contributed by atoms with Gasteiger partial charge in [0.2, 0.25) is 17.2 Å². The van der Waals surface area contributed by atoms with Crippen molar-refractivity contribution in [3.8, 4) is 6.07 Å². The van der Waals surface area contributed by atoms with Gasteiger partial charge in [0, 0.05) is 13.6 Å². The highest BCUT2D eigenvalue weighted by Crippen LogP contribution is 2.16. The van der Waals surface area contributed by atoms with Crippen molar-refractivity contribution >= 4 is 23.5 Å². The zero-order valence-electron chi connectivity index (χ0n) is 9.22. The predicted molar refractivity (Wildman–Crippen MR) is 61.9 cm³/mol. The third kappa shape index (κ3) is 2.72. The molecule has 0 saturated carbocycles. The average molecular weight is 255 g/mol. The number of ether oxygens (including phenoxy) is 1. The van der Waals surface area contributed by atoms with Crippen molar-refractivity contribution in [3.05, 3.63) is 5.28 Å². The molecule has 1 N–H and O–H groups in total. The normalized spacial score (nSPS) is 19.8. The minimum atomic E-state index is -0.461. The van der Waals surface area contributed by atoms with Gasteiger partial charge in [-0.1, -0.05) is 0 Å². The maximum absolute atomic E-state index is 8.82. The highest BCUT2D eigenvalue weighted by Gasteiger charge is 2.22. The van der Waals surface area contributed by atoms with Crippen molar-refractivity contribution in [1.82, 2.24) is 15.0 Å².